The quantitative estimate of drug-likeness (QED) is 0.714. The van der Waals surface area contributed by atoms with Gasteiger partial charge >= 0.3 is 0 Å². The predicted molar refractivity (Wildman–Crippen MR) is 114 cm³/mol. The molecule has 0 radical (unpaired) electrons. The molecule has 4 nitrogen and oxygen atoms in total. The summed E-state index contributed by atoms with van der Waals surface area (Å²) in [4.78, 5) is 27.4. The molecule has 1 atom stereocenters. The third-order valence-corrected chi connectivity index (χ3v) is 4.93. The molecule has 0 aliphatic carbocycles. The van der Waals surface area contributed by atoms with Crippen LogP contribution in [-0.4, -0.2) is 29.3 Å². The van der Waals surface area contributed by atoms with E-state index in [0.717, 1.165) is 16.7 Å². The van der Waals surface area contributed by atoms with Gasteiger partial charge in [0, 0.05) is 18.1 Å². The Morgan fingerprint density at radius 2 is 1.79 bits per heavy atom. The summed E-state index contributed by atoms with van der Waals surface area (Å²) < 4.78 is 0. The highest BCUT2D eigenvalue weighted by atomic mass is 35.5. The van der Waals surface area contributed by atoms with Crippen molar-refractivity contribution < 1.29 is 9.59 Å². The zero-order chi connectivity index (χ0) is 20.7. The van der Waals surface area contributed by atoms with Crippen molar-refractivity contribution in [2.45, 2.75) is 46.7 Å². The summed E-state index contributed by atoms with van der Waals surface area (Å²) in [5.74, 6) is 0.113. The van der Waals surface area contributed by atoms with Crippen molar-refractivity contribution in [3.63, 3.8) is 0 Å². The molecule has 0 saturated heterocycles. The van der Waals surface area contributed by atoms with Crippen LogP contribution in [0.15, 0.2) is 48.5 Å². The van der Waals surface area contributed by atoms with Gasteiger partial charge in [-0.15, -0.1) is 0 Å². The zero-order valence-corrected chi connectivity index (χ0v) is 17.8. The van der Waals surface area contributed by atoms with E-state index >= 15 is 0 Å². The molecule has 28 heavy (non-hydrogen) atoms. The van der Waals surface area contributed by atoms with Gasteiger partial charge in [-0.1, -0.05) is 61.8 Å². The van der Waals surface area contributed by atoms with Gasteiger partial charge < -0.3 is 10.2 Å². The molecule has 0 aliphatic heterocycles. The second-order valence-electron chi connectivity index (χ2n) is 7.57. The van der Waals surface area contributed by atoms with Crippen molar-refractivity contribution in [3.8, 4) is 0 Å². The lowest BCUT2D eigenvalue weighted by Crippen LogP contribution is -2.48. The summed E-state index contributed by atoms with van der Waals surface area (Å²) in [6.07, 6.45) is 0.203. The molecule has 0 spiro atoms. The maximum absolute atomic E-state index is 13.1. The van der Waals surface area contributed by atoms with Gasteiger partial charge in [0.25, 0.3) is 0 Å². The third kappa shape index (κ3) is 6.38. The summed E-state index contributed by atoms with van der Waals surface area (Å²) in [7, 11) is 0. The Labute approximate surface area is 172 Å². The molecule has 2 aromatic rings. The average Bonchev–Trinajstić information content (AvgIpc) is 2.64. The van der Waals surface area contributed by atoms with E-state index in [1.807, 2.05) is 57.2 Å². The Balaban J connectivity index is 2.22. The summed E-state index contributed by atoms with van der Waals surface area (Å²) in [6.45, 7) is 8.86. The van der Waals surface area contributed by atoms with Gasteiger partial charge in [-0.2, -0.15) is 0 Å². The molecular weight excluding hydrogens is 372 g/mol. The normalized spacial score (nSPS) is 11.9. The Bertz CT molecular complexity index is 820. The minimum atomic E-state index is -0.565. The number of carbonyl (C=O) groups is 2. The van der Waals surface area contributed by atoms with Gasteiger partial charge in [-0.05, 0) is 48.6 Å². The minimum Gasteiger partial charge on any atom is -0.354 e. The molecule has 0 bridgehead atoms. The van der Waals surface area contributed by atoms with Gasteiger partial charge in [0.15, 0.2) is 0 Å². The van der Waals surface area contributed by atoms with Crippen molar-refractivity contribution in [2.24, 2.45) is 5.92 Å². The maximum atomic E-state index is 13.1. The van der Waals surface area contributed by atoms with Crippen molar-refractivity contribution in [2.75, 3.05) is 6.54 Å². The second-order valence-corrected chi connectivity index (χ2v) is 8.01. The van der Waals surface area contributed by atoms with Crippen LogP contribution in [0, 0.1) is 12.8 Å². The van der Waals surface area contributed by atoms with Crippen LogP contribution in [0.4, 0.5) is 0 Å². The van der Waals surface area contributed by atoms with Crippen LogP contribution in [0.25, 0.3) is 0 Å². The van der Waals surface area contributed by atoms with Crippen LogP contribution in [0.5, 0.6) is 0 Å². The zero-order valence-electron chi connectivity index (χ0n) is 17.0. The standard InChI is InChI=1S/C23H29ClN2O2/c1-16(2)14-25-23(28)18(4)26(15-20-10-6-5-8-17(20)3)22(27)13-19-9-7-11-21(24)12-19/h5-12,16,18H,13-15H2,1-4H3,(H,25,28)/t18-/m1/s1. The van der Waals surface area contributed by atoms with E-state index in [1.54, 1.807) is 24.0 Å². The van der Waals surface area contributed by atoms with E-state index < -0.39 is 6.04 Å². The molecule has 0 aromatic heterocycles. The third-order valence-electron chi connectivity index (χ3n) is 4.70. The molecule has 0 unspecified atom stereocenters. The highest BCUT2D eigenvalue weighted by Crippen LogP contribution is 2.17. The Morgan fingerprint density at radius 3 is 2.43 bits per heavy atom. The number of nitrogens with one attached hydrogen (secondary N) is 1. The van der Waals surface area contributed by atoms with Crippen LogP contribution in [0.3, 0.4) is 0 Å². The van der Waals surface area contributed by atoms with E-state index in [4.69, 9.17) is 11.6 Å². The molecule has 0 saturated carbocycles. The average molecular weight is 401 g/mol. The number of benzene rings is 2. The first-order valence-electron chi connectivity index (χ1n) is 9.64. The number of halogens is 1. The number of carbonyl (C=O) groups excluding carboxylic acids is 2. The van der Waals surface area contributed by atoms with E-state index in [0.29, 0.717) is 24.0 Å². The van der Waals surface area contributed by atoms with Gasteiger partial charge in [0.2, 0.25) is 11.8 Å². The van der Waals surface area contributed by atoms with E-state index in [1.165, 1.54) is 0 Å². The number of amides is 2. The number of hydrogen-bond donors (Lipinski definition) is 1. The summed E-state index contributed by atoms with van der Waals surface area (Å²) in [6, 6.07) is 14.6. The van der Waals surface area contributed by atoms with Crippen LogP contribution in [0.2, 0.25) is 5.02 Å². The van der Waals surface area contributed by atoms with Crippen molar-refractivity contribution in [3.05, 3.63) is 70.2 Å². The molecule has 0 fully saturated rings. The van der Waals surface area contributed by atoms with Crippen LogP contribution < -0.4 is 5.32 Å². The molecule has 2 amide bonds. The first-order valence-corrected chi connectivity index (χ1v) is 10.0. The second kappa shape index (κ2) is 10.3. The fraction of sp³-hybridized carbons (Fsp3) is 0.391. The number of nitrogens with zero attached hydrogens (tertiary/aromatic N) is 1. The lowest BCUT2D eigenvalue weighted by atomic mass is 10.1. The number of hydrogen-bond acceptors (Lipinski definition) is 2. The van der Waals surface area contributed by atoms with E-state index in [-0.39, 0.29) is 18.2 Å². The highest BCUT2D eigenvalue weighted by molar-refractivity contribution is 6.30. The van der Waals surface area contributed by atoms with Crippen LogP contribution in [-0.2, 0) is 22.6 Å². The molecule has 0 aliphatic rings. The van der Waals surface area contributed by atoms with E-state index in [9.17, 15) is 9.59 Å². The van der Waals surface area contributed by atoms with Crippen molar-refractivity contribution in [1.82, 2.24) is 10.2 Å². The fourth-order valence-electron chi connectivity index (χ4n) is 2.93. The van der Waals surface area contributed by atoms with Gasteiger partial charge in [0.05, 0.1) is 6.42 Å². The summed E-state index contributed by atoms with van der Waals surface area (Å²) >= 11 is 6.05. The fourth-order valence-corrected chi connectivity index (χ4v) is 3.14. The summed E-state index contributed by atoms with van der Waals surface area (Å²) in [5, 5.41) is 3.53. The molecular formula is C23H29ClN2O2. The molecule has 150 valence electrons. The topological polar surface area (TPSA) is 49.4 Å². The van der Waals surface area contributed by atoms with Crippen molar-refractivity contribution in [1.29, 1.82) is 0 Å². The summed E-state index contributed by atoms with van der Waals surface area (Å²) in [5.41, 5.74) is 2.96. The minimum absolute atomic E-state index is 0.0993. The first kappa shape index (κ1) is 22.0. The SMILES string of the molecule is Cc1ccccc1CN(C(=O)Cc1cccc(Cl)c1)[C@H](C)C(=O)NCC(C)C. The highest BCUT2D eigenvalue weighted by Gasteiger charge is 2.26. The smallest absolute Gasteiger partial charge is 0.242 e. The Hall–Kier alpha value is -2.33. The van der Waals surface area contributed by atoms with E-state index in [2.05, 4.69) is 5.32 Å². The molecule has 5 heteroatoms. The number of aryl methyl sites for hydroxylation is 1. The molecule has 2 rings (SSSR count). The molecule has 1 N–H and O–H groups in total. The van der Waals surface area contributed by atoms with Crippen LogP contribution >= 0.6 is 11.6 Å². The lowest BCUT2D eigenvalue weighted by Gasteiger charge is -2.29. The maximum Gasteiger partial charge on any atom is 0.242 e. The van der Waals surface area contributed by atoms with Crippen molar-refractivity contribution >= 4 is 23.4 Å². The monoisotopic (exact) mass is 400 g/mol. The first-order chi connectivity index (χ1) is 13.3. The largest absolute Gasteiger partial charge is 0.354 e. The molecule has 2 aromatic carbocycles. The predicted octanol–water partition coefficient (Wildman–Crippen LogP) is 4.38. The Morgan fingerprint density at radius 1 is 1.07 bits per heavy atom. The lowest BCUT2D eigenvalue weighted by molar-refractivity contribution is -0.140. The van der Waals surface area contributed by atoms with Gasteiger partial charge in [-0.3, -0.25) is 9.59 Å². The van der Waals surface area contributed by atoms with Gasteiger partial charge in [0.1, 0.15) is 6.04 Å². The van der Waals surface area contributed by atoms with Gasteiger partial charge in [-0.25, -0.2) is 0 Å². The number of rotatable bonds is 8. The Kier molecular flexibility index (Phi) is 8.06. The van der Waals surface area contributed by atoms with Crippen LogP contribution in [0.1, 0.15) is 37.5 Å². The molecule has 0 heterocycles.